The number of aliphatic carboxylic acids is 1. The van der Waals surface area contributed by atoms with Gasteiger partial charge in [-0.05, 0) is 74.3 Å². The van der Waals surface area contributed by atoms with Crippen LogP contribution in [0.4, 0.5) is 0 Å². The summed E-state index contributed by atoms with van der Waals surface area (Å²) >= 11 is 15.1. The van der Waals surface area contributed by atoms with E-state index in [0.29, 0.717) is 21.6 Å². The van der Waals surface area contributed by atoms with Crippen molar-refractivity contribution in [3.05, 3.63) is 57.0 Å². The van der Waals surface area contributed by atoms with Crippen LogP contribution in [0.1, 0.15) is 24.4 Å². The van der Waals surface area contributed by atoms with Crippen molar-refractivity contribution < 1.29 is 14.6 Å². The van der Waals surface area contributed by atoms with E-state index in [0.717, 1.165) is 33.2 Å². The molecular weight excluding hydrogens is 463 g/mol. The number of benzene rings is 2. The molecule has 0 saturated heterocycles. The van der Waals surface area contributed by atoms with Gasteiger partial charge in [-0.2, -0.15) is 4.37 Å². The first-order chi connectivity index (χ1) is 14.2. The highest BCUT2D eigenvalue weighted by molar-refractivity contribution is 7.99. The summed E-state index contributed by atoms with van der Waals surface area (Å²) < 4.78 is 10.1. The van der Waals surface area contributed by atoms with Crippen molar-refractivity contribution in [3.63, 3.8) is 0 Å². The van der Waals surface area contributed by atoms with E-state index < -0.39 is 11.6 Å². The van der Waals surface area contributed by atoms with Crippen LogP contribution in [0.15, 0.2) is 41.3 Å². The number of carboxylic acid groups (broad SMARTS) is 1. The van der Waals surface area contributed by atoms with Gasteiger partial charge in [0, 0.05) is 22.6 Å². The maximum Gasteiger partial charge on any atom is 0.347 e. The normalized spacial score (nSPS) is 11.5. The lowest BCUT2D eigenvalue weighted by Crippen LogP contribution is -2.38. The van der Waals surface area contributed by atoms with Crippen LogP contribution in [-0.2, 0) is 11.2 Å². The fourth-order valence-corrected chi connectivity index (χ4v) is 4.55. The minimum atomic E-state index is -1.27. The van der Waals surface area contributed by atoms with Gasteiger partial charge in [-0.15, -0.1) is 11.8 Å². The topological polar surface area (TPSA) is 72.3 Å². The zero-order valence-electron chi connectivity index (χ0n) is 16.6. The van der Waals surface area contributed by atoms with Gasteiger partial charge in [0.05, 0.1) is 10.0 Å². The molecule has 5 nitrogen and oxygen atoms in total. The number of nitrogens with zero attached hydrogens (tertiary/aromatic N) is 2. The van der Waals surface area contributed by atoms with E-state index in [1.54, 1.807) is 23.9 Å². The van der Waals surface area contributed by atoms with E-state index in [1.807, 2.05) is 31.2 Å². The van der Waals surface area contributed by atoms with E-state index in [4.69, 9.17) is 27.9 Å². The third-order valence-corrected chi connectivity index (χ3v) is 6.76. The summed E-state index contributed by atoms with van der Waals surface area (Å²) in [6.45, 7) is 4.98. The van der Waals surface area contributed by atoms with Crippen molar-refractivity contribution in [3.8, 4) is 17.1 Å². The second-order valence-electron chi connectivity index (χ2n) is 7.08. The number of carboxylic acids is 1. The number of hydrogen-bond acceptors (Lipinski definition) is 6. The Balaban J connectivity index is 1.58. The highest BCUT2D eigenvalue weighted by Crippen LogP contribution is 2.30. The molecule has 1 aromatic heterocycles. The Bertz CT molecular complexity index is 1070. The summed E-state index contributed by atoms with van der Waals surface area (Å²) in [4.78, 5) is 16.9. The van der Waals surface area contributed by atoms with Crippen LogP contribution < -0.4 is 4.74 Å². The third kappa shape index (κ3) is 5.66. The standard InChI is InChI=1S/C21H20Cl2N2O3S2/c1-12-10-14(5-7-17(12)28-21(2,3)20(26)27)29-9-8-18-24-19(25-30-18)13-4-6-15(22)16(23)11-13/h4-7,10-11H,8-9H2,1-3H3,(H,26,27). The number of hydrogen-bond donors (Lipinski definition) is 1. The summed E-state index contributed by atoms with van der Waals surface area (Å²) in [5.74, 6) is 1.06. The number of aromatic nitrogens is 2. The fourth-order valence-electron chi connectivity index (χ4n) is 2.51. The van der Waals surface area contributed by atoms with Crippen molar-refractivity contribution in [2.24, 2.45) is 0 Å². The molecule has 0 unspecified atom stereocenters. The lowest BCUT2D eigenvalue weighted by Gasteiger charge is -2.23. The molecule has 30 heavy (non-hydrogen) atoms. The summed E-state index contributed by atoms with van der Waals surface area (Å²) in [5.41, 5.74) is 0.464. The smallest absolute Gasteiger partial charge is 0.347 e. The van der Waals surface area contributed by atoms with Crippen molar-refractivity contribution >= 4 is 52.5 Å². The highest BCUT2D eigenvalue weighted by Gasteiger charge is 2.29. The van der Waals surface area contributed by atoms with Gasteiger partial charge in [-0.1, -0.05) is 23.2 Å². The Kier molecular flexibility index (Phi) is 7.29. The molecule has 0 fully saturated rings. The Morgan fingerprint density at radius 1 is 1.20 bits per heavy atom. The summed E-state index contributed by atoms with van der Waals surface area (Å²) in [5, 5.41) is 11.2. The molecule has 0 aliphatic carbocycles. The zero-order valence-corrected chi connectivity index (χ0v) is 19.8. The number of halogens is 2. The Morgan fingerprint density at radius 2 is 1.97 bits per heavy atom. The van der Waals surface area contributed by atoms with Crippen LogP contribution in [0.3, 0.4) is 0 Å². The Morgan fingerprint density at radius 3 is 2.63 bits per heavy atom. The second kappa shape index (κ2) is 9.56. The Hall–Kier alpha value is -1.80. The molecule has 0 aliphatic rings. The van der Waals surface area contributed by atoms with Gasteiger partial charge in [0.1, 0.15) is 10.8 Å². The molecule has 0 atom stereocenters. The lowest BCUT2D eigenvalue weighted by molar-refractivity contribution is -0.152. The maximum atomic E-state index is 11.3. The fraction of sp³-hybridized carbons (Fsp3) is 0.286. The second-order valence-corrected chi connectivity index (χ2v) is 9.90. The average molecular weight is 483 g/mol. The minimum Gasteiger partial charge on any atom is -0.478 e. The van der Waals surface area contributed by atoms with Crippen LogP contribution in [0.5, 0.6) is 5.75 Å². The summed E-state index contributed by atoms with van der Waals surface area (Å²) in [6.07, 6.45) is 0.785. The molecular formula is C21H20Cl2N2O3S2. The maximum absolute atomic E-state index is 11.3. The molecule has 0 spiro atoms. The average Bonchev–Trinajstić information content (AvgIpc) is 3.15. The van der Waals surface area contributed by atoms with Crippen LogP contribution in [-0.4, -0.2) is 31.8 Å². The third-order valence-electron chi connectivity index (χ3n) is 4.26. The van der Waals surface area contributed by atoms with Crippen molar-refractivity contribution in [1.29, 1.82) is 0 Å². The van der Waals surface area contributed by atoms with Gasteiger partial charge < -0.3 is 9.84 Å². The molecule has 1 N–H and O–H groups in total. The lowest BCUT2D eigenvalue weighted by atomic mass is 10.1. The first-order valence-corrected chi connectivity index (χ1v) is 11.6. The number of carbonyl (C=O) groups is 1. The van der Waals surface area contributed by atoms with Gasteiger partial charge in [0.2, 0.25) is 0 Å². The largest absolute Gasteiger partial charge is 0.478 e. The van der Waals surface area contributed by atoms with Crippen LogP contribution >= 0.6 is 46.5 Å². The molecule has 3 aromatic rings. The van der Waals surface area contributed by atoms with Gasteiger partial charge in [0.15, 0.2) is 11.4 Å². The summed E-state index contributed by atoms with van der Waals surface area (Å²) in [7, 11) is 0. The van der Waals surface area contributed by atoms with Crippen molar-refractivity contribution in [2.45, 2.75) is 37.7 Å². The molecule has 0 aliphatic heterocycles. The van der Waals surface area contributed by atoms with E-state index in [1.165, 1.54) is 25.4 Å². The van der Waals surface area contributed by atoms with Crippen molar-refractivity contribution in [2.75, 3.05) is 5.75 Å². The molecule has 0 radical (unpaired) electrons. The zero-order chi connectivity index (χ0) is 21.9. The molecule has 3 rings (SSSR count). The molecule has 0 bridgehead atoms. The van der Waals surface area contributed by atoms with Gasteiger partial charge in [-0.3, -0.25) is 0 Å². The van der Waals surface area contributed by atoms with E-state index in [9.17, 15) is 9.90 Å². The van der Waals surface area contributed by atoms with E-state index in [2.05, 4.69) is 9.36 Å². The predicted octanol–water partition coefficient (Wildman–Crippen LogP) is 6.40. The number of thioether (sulfide) groups is 1. The minimum absolute atomic E-state index is 0.482. The van der Waals surface area contributed by atoms with E-state index >= 15 is 0 Å². The highest BCUT2D eigenvalue weighted by atomic mass is 35.5. The van der Waals surface area contributed by atoms with Crippen molar-refractivity contribution in [1.82, 2.24) is 9.36 Å². The number of ether oxygens (including phenoxy) is 1. The van der Waals surface area contributed by atoms with Gasteiger partial charge >= 0.3 is 5.97 Å². The molecule has 9 heteroatoms. The predicted molar refractivity (Wildman–Crippen MR) is 123 cm³/mol. The van der Waals surface area contributed by atoms with Crippen LogP contribution in [0.2, 0.25) is 10.0 Å². The SMILES string of the molecule is Cc1cc(SCCc2nc(-c3ccc(Cl)c(Cl)c3)ns2)ccc1OC(C)(C)C(=O)O. The number of aryl methyl sites for hydroxylation is 2. The molecule has 158 valence electrons. The van der Waals surface area contributed by atoms with E-state index in [-0.39, 0.29) is 0 Å². The Labute approximate surface area is 193 Å². The van der Waals surface area contributed by atoms with Gasteiger partial charge in [-0.25, -0.2) is 9.78 Å². The first-order valence-electron chi connectivity index (χ1n) is 9.09. The molecule has 0 amide bonds. The first kappa shape index (κ1) is 22.9. The number of rotatable bonds is 8. The van der Waals surface area contributed by atoms with Gasteiger partial charge in [0.25, 0.3) is 0 Å². The van der Waals surface area contributed by atoms with Crippen LogP contribution in [0, 0.1) is 6.92 Å². The van der Waals surface area contributed by atoms with Crippen LogP contribution in [0.25, 0.3) is 11.4 Å². The summed E-state index contributed by atoms with van der Waals surface area (Å²) in [6, 6.07) is 11.1. The molecule has 2 aromatic carbocycles. The quantitative estimate of drug-likeness (QED) is 0.374. The molecule has 0 saturated carbocycles. The molecule has 1 heterocycles. The monoisotopic (exact) mass is 482 g/mol.